The molecule has 0 aliphatic heterocycles. The number of amides is 2. The first-order valence-corrected chi connectivity index (χ1v) is 13.9. The van der Waals surface area contributed by atoms with Gasteiger partial charge in [-0.3, -0.25) is 13.9 Å². The number of nitrogens with one attached hydrogen (secondary N) is 1. The highest BCUT2D eigenvalue weighted by atomic mass is 35.5. The van der Waals surface area contributed by atoms with Crippen molar-refractivity contribution in [2.24, 2.45) is 0 Å². The predicted octanol–water partition coefficient (Wildman–Crippen LogP) is 4.41. The summed E-state index contributed by atoms with van der Waals surface area (Å²) < 4.78 is 34.0. The van der Waals surface area contributed by atoms with E-state index in [1.807, 2.05) is 0 Å². The van der Waals surface area contributed by atoms with Crippen LogP contribution in [0, 0.1) is 6.92 Å². The molecule has 0 aliphatic carbocycles. The number of ether oxygens (including phenoxy) is 1. The summed E-state index contributed by atoms with van der Waals surface area (Å²) in [6, 6.07) is 19.1. The van der Waals surface area contributed by atoms with E-state index in [1.54, 1.807) is 69.5 Å². The average Bonchev–Trinajstić information content (AvgIpc) is 2.92. The number of sulfonamides is 1. The van der Waals surface area contributed by atoms with Crippen LogP contribution in [0.5, 0.6) is 5.75 Å². The number of nitrogens with zero attached hydrogens (tertiary/aromatic N) is 2. The summed E-state index contributed by atoms with van der Waals surface area (Å²) in [6.45, 7) is 3.19. The molecule has 202 valence electrons. The van der Waals surface area contributed by atoms with Crippen molar-refractivity contribution in [2.75, 3.05) is 25.0 Å². The second-order valence-electron chi connectivity index (χ2n) is 8.66. The molecule has 3 aromatic carbocycles. The molecule has 0 fully saturated rings. The van der Waals surface area contributed by atoms with Gasteiger partial charge >= 0.3 is 0 Å². The third kappa shape index (κ3) is 6.65. The number of halogens is 1. The van der Waals surface area contributed by atoms with Gasteiger partial charge in [0, 0.05) is 18.6 Å². The largest absolute Gasteiger partial charge is 0.497 e. The Morgan fingerprint density at radius 2 is 1.63 bits per heavy atom. The molecular formula is C28H32ClN3O5S. The maximum Gasteiger partial charge on any atom is 0.264 e. The lowest BCUT2D eigenvalue weighted by atomic mass is 10.1. The molecule has 0 saturated heterocycles. The van der Waals surface area contributed by atoms with Crippen molar-refractivity contribution in [1.82, 2.24) is 10.2 Å². The van der Waals surface area contributed by atoms with Gasteiger partial charge in [-0.1, -0.05) is 48.9 Å². The fourth-order valence-corrected chi connectivity index (χ4v) is 5.71. The van der Waals surface area contributed by atoms with Crippen LogP contribution in [0.15, 0.2) is 77.7 Å². The number of carbonyl (C=O) groups is 2. The van der Waals surface area contributed by atoms with Crippen LogP contribution in [-0.2, 0) is 26.2 Å². The van der Waals surface area contributed by atoms with Gasteiger partial charge in [-0.05, 0) is 66.9 Å². The number of aryl methyl sites for hydroxylation is 1. The Morgan fingerprint density at radius 1 is 1.00 bits per heavy atom. The Hall–Kier alpha value is -3.56. The van der Waals surface area contributed by atoms with Crippen LogP contribution in [0.3, 0.4) is 0 Å². The SMILES string of the molecule is CC[C@@H](C(=O)NC)N(Cc1ccc(OC)cc1)C(=O)CN(c1ccccc1C)S(=O)(=O)c1ccc(Cl)cc1. The van der Waals surface area contributed by atoms with E-state index in [-0.39, 0.29) is 17.3 Å². The Labute approximate surface area is 229 Å². The molecule has 0 radical (unpaired) electrons. The second-order valence-corrected chi connectivity index (χ2v) is 11.0. The van der Waals surface area contributed by atoms with Crippen LogP contribution in [0.1, 0.15) is 24.5 Å². The zero-order valence-corrected chi connectivity index (χ0v) is 23.4. The number of hydrogen-bond acceptors (Lipinski definition) is 5. The van der Waals surface area contributed by atoms with Crippen molar-refractivity contribution < 1.29 is 22.7 Å². The lowest BCUT2D eigenvalue weighted by Crippen LogP contribution is -2.51. The summed E-state index contributed by atoms with van der Waals surface area (Å²) in [6.07, 6.45) is 0.343. The molecule has 0 heterocycles. The number of carbonyl (C=O) groups excluding carboxylic acids is 2. The zero-order chi connectivity index (χ0) is 27.9. The summed E-state index contributed by atoms with van der Waals surface area (Å²) in [5, 5.41) is 3.01. The van der Waals surface area contributed by atoms with Crippen LogP contribution in [0.25, 0.3) is 0 Å². The van der Waals surface area contributed by atoms with Gasteiger partial charge in [-0.15, -0.1) is 0 Å². The van der Waals surface area contributed by atoms with Crippen LogP contribution >= 0.6 is 11.6 Å². The fraction of sp³-hybridized carbons (Fsp3) is 0.286. The quantitative estimate of drug-likeness (QED) is 0.377. The highest BCUT2D eigenvalue weighted by Gasteiger charge is 2.33. The van der Waals surface area contributed by atoms with Crippen molar-refractivity contribution in [3.8, 4) is 5.75 Å². The smallest absolute Gasteiger partial charge is 0.264 e. The first-order chi connectivity index (χ1) is 18.1. The lowest BCUT2D eigenvalue weighted by molar-refractivity contribution is -0.140. The van der Waals surface area contributed by atoms with E-state index in [4.69, 9.17) is 16.3 Å². The van der Waals surface area contributed by atoms with E-state index in [9.17, 15) is 18.0 Å². The highest BCUT2D eigenvalue weighted by molar-refractivity contribution is 7.92. The van der Waals surface area contributed by atoms with Gasteiger partial charge < -0.3 is 15.0 Å². The monoisotopic (exact) mass is 557 g/mol. The summed E-state index contributed by atoms with van der Waals surface area (Å²) in [5.74, 6) is -0.195. The van der Waals surface area contributed by atoms with E-state index < -0.39 is 28.5 Å². The predicted molar refractivity (Wildman–Crippen MR) is 149 cm³/mol. The number of anilines is 1. The van der Waals surface area contributed by atoms with Gasteiger partial charge in [-0.25, -0.2) is 8.42 Å². The van der Waals surface area contributed by atoms with Gasteiger partial charge in [-0.2, -0.15) is 0 Å². The Bertz CT molecular complexity index is 1360. The van der Waals surface area contributed by atoms with E-state index in [0.717, 1.165) is 9.87 Å². The minimum absolute atomic E-state index is 0.00185. The van der Waals surface area contributed by atoms with E-state index in [1.165, 1.54) is 36.2 Å². The first kappa shape index (κ1) is 29.0. The normalized spacial score (nSPS) is 11.9. The van der Waals surface area contributed by atoms with Crippen molar-refractivity contribution in [3.63, 3.8) is 0 Å². The molecule has 8 nitrogen and oxygen atoms in total. The molecule has 1 N–H and O–H groups in total. The standard InChI is InChI=1S/C28H32ClN3O5S/c1-5-25(28(34)30-3)31(18-21-10-14-23(37-4)15-11-21)27(33)19-32(26-9-7-6-8-20(26)2)38(35,36)24-16-12-22(29)13-17-24/h6-17,25H,5,18-19H2,1-4H3,(H,30,34)/t25-/m0/s1. The molecule has 0 unspecified atom stereocenters. The third-order valence-corrected chi connectivity index (χ3v) is 8.23. The minimum Gasteiger partial charge on any atom is -0.497 e. The minimum atomic E-state index is -4.15. The highest BCUT2D eigenvalue weighted by Crippen LogP contribution is 2.28. The van der Waals surface area contributed by atoms with Crippen molar-refractivity contribution in [2.45, 2.75) is 37.8 Å². The van der Waals surface area contributed by atoms with Gasteiger partial charge in [0.2, 0.25) is 11.8 Å². The number of benzene rings is 3. The van der Waals surface area contributed by atoms with Crippen LogP contribution < -0.4 is 14.4 Å². The Morgan fingerprint density at radius 3 is 2.18 bits per heavy atom. The van der Waals surface area contributed by atoms with E-state index in [0.29, 0.717) is 28.4 Å². The third-order valence-electron chi connectivity index (χ3n) is 6.21. The molecule has 0 bridgehead atoms. The van der Waals surface area contributed by atoms with Crippen LogP contribution in [-0.4, -0.2) is 51.9 Å². The van der Waals surface area contributed by atoms with Crippen molar-refractivity contribution in [1.29, 1.82) is 0 Å². The van der Waals surface area contributed by atoms with E-state index in [2.05, 4.69) is 5.32 Å². The number of hydrogen-bond donors (Lipinski definition) is 1. The molecule has 38 heavy (non-hydrogen) atoms. The first-order valence-electron chi connectivity index (χ1n) is 12.1. The summed E-state index contributed by atoms with van der Waals surface area (Å²) in [5.41, 5.74) is 1.82. The van der Waals surface area contributed by atoms with E-state index >= 15 is 0 Å². The van der Waals surface area contributed by atoms with Gasteiger partial charge in [0.05, 0.1) is 17.7 Å². The van der Waals surface area contributed by atoms with Gasteiger partial charge in [0.1, 0.15) is 18.3 Å². The average molecular weight is 558 g/mol. The summed E-state index contributed by atoms with van der Waals surface area (Å²) in [4.78, 5) is 28.1. The molecule has 3 aromatic rings. The number of rotatable bonds is 11. The molecule has 10 heteroatoms. The second kappa shape index (κ2) is 12.8. The molecule has 1 atom stereocenters. The number of methoxy groups -OCH3 is 1. The Balaban J connectivity index is 2.06. The van der Waals surface area contributed by atoms with Crippen molar-refractivity contribution in [3.05, 3.63) is 88.9 Å². The topological polar surface area (TPSA) is 96.0 Å². The Kier molecular flexibility index (Phi) is 9.77. The van der Waals surface area contributed by atoms with Gasteiger partial charge in [0.15, 0.2) is 0 Å². The molecule has 0 aliphatic rings. The van der Waals surface area contributed by atoms with Gasteiger partial charge in [0.25, 0.3) is 10.0 Å². The number of para-hydroxylation sites is 1. The zero-order valence-electron chi connectivity index (χ0n) is 21.8. The molecule has 0 aromatic heterocycles. The van der Waals surface area contributed by atoms with Crippen molar-refractivity contribution >= 4 is 39.1 Å². The summed E-state index contributed by atoms with van der Waals surface area (Å²) >= 11 is 5.98. The van der Waals surface area contributed by atoms with Crippen LogP contribution in [0.4, 0.5) is 5.69 Å². The maximum absolute atomic E-state index is 13.9. The maximum atomic E-state index is 13.9. The molecule has 2 amide bonds. The summed E-state index contributed by atoms with van der Waals surface area (Å²) in [7, 11) is -1.09. The molecule has 0 saturated carbocycles. The number of likely N-dealkylation sites (N-methyl/N-ethyl adjacent to an activating group) is 1. The molecular weight excluding hydrogens is 526 g/mol. The van der Waals surface area contributed by atoms with Crippen LogP contribution in [0.2, 0.25) is 5.02 Å². The molecule has 0 spiro atoms. The fourth-order valence-electron chi connectivity index (χ4n) is 4.10. The molecule has 3 rings (SSSR count). The lowest BCUT2D eigenvalue weighted by Gasteiger charge is -2.33.